The van der Waals surface area contributed by atoms with Crippen molar-refractivity contribution >= 4 is 5.97 Å². The Morgan fingerprint density at radius 1 is 1.44 bits per heavy atom. The molecule has 0 spiro atoms. The molecule has 0 bridgehead atoms. The lowest BCUT2D eigenvalue weighted by atomic mass is 10.1. The number of carbonyl (C=O) groups is 1. The standard InChI is InChI=1S/C14H18O4/c1-2-17-14(15)13(11-6-4-3-5-7-11)18-12-8-9-16-10-12/h3-7,12-13H,2,8-10H2,1H3. The van der Waals surface area contributed by atoms with E-state index < -0.39 is 6.10 Å². The van der Waals surface area contributed by atoms with Gasteiger partial charge >= 0.3 is 5.97 Å². The molecule has 1 saturated heterocycles. The second kappa shape index (κ2) is 6.52. The Morgan fingerprint density at radius 3 is 2.83 bits per heavy atom. The highest BCUT2D eigenvalue weighted by molar-refractivity contribution is 5.76. The van der Waals surface area contributed by atoms with Gasteiger partial charge in [0, 0.05) is 6.61 Å². The largest absolute Gasteiger partial charge is 0.464 e. The Kier molecular flexibility index (Phi) is 4.73. The van der Waals surface area contributed by atoms with Gasteiger partial charge in [-0.25, -0.2) is 4.79 Å². The molecule has 1 aliphatic heterocycles. The Bertz CT molecular complexity index is 371. The van der Waals surface area contributed by atoms with E-state index in [0.717, 1.165) is 12.0 Å². The van der Waals surface area contributed by atoms with Crippen LogP contribution in [0.3, 0.4) is 0 Å². The fourth-order valence-electron chi connectivity index (χ4n) is 1.93. The molecule has 2 rings (SSSR count). The molecular weight excluding hydrogens is 232 g/mol. The van der Waals surface area contributed by atoms with Crippen LogP contribution in [0.2, 0.25) is 0 Å². The summed E-state index contributed by atoms with van der Waals surface area (Å²) in [5.41, 5.74) is 0.822. The highest BCUT2D eigenvalue weighted by Crippen LogP contribution is 2.23. The van der Waals surface area contributed by atoms with E-state index in [9.17, 15) is 4.79 Å². The van der Waals surface area contributed by atoms with Gasteiger partial charge in [0.2, 0.25) is 0 Å². The van der Waals surface area contributed by atoms with Gasteiger partial charge in [-0.3, -0.25) is 0 Å². The first-order chi connectivity index (χ1) is 8.81. The van der Waals surface area contributed by atoms with E-state index in [4.69, 9.17) is 14.2 Å². The highest BCUT2D eigenvalue weighted by atomic mass is 16.6. The first-order valence-corrected chi connectivity index (χ1v) is 6.26. The van der Waals surface area contributed by atoms with Crippen LogP contribution in [0.25, 0.3) is 0 Å². The van der Waals surface area contributed by atoms with Gasteiger partial charge in [-0.15, -0.1) is 0 Å². The van der Waals surface area contributed by atoms with Crippen molar-refractivity contribution in [3.05, 3.63) is 35.9 Å². The fraction of sp³-hybridized carbons (Fsp3) is 0.500. The number of hydrogen-bond donors (Lipinski definition) is 0. The first-order valence-electron chi connectivity index (χ1n) is 6.26. The third kappa shape index (κ3) is 3.31. The number of ether oxygens (including phenoxy) is 3. The zero-order chi connectivity index (χ0) is 12.8. The lowest BCUT2D eigenvalue weighted by Gasteiger charge is -2.20. The summed E-state index contributed by atoms with van der Waals surface area (Å²) in [5.74, 6) is -0.337. The topological polar surface area (TPSA) is 44.8 Å². The van der Waals surface area contributed by atoms with E-state index in [2.05, 4.69) is 0 Å². The van der Waals surface area contributed by atoms with Gasteiger partial charge in [-0.2, -0.15) is 0 Å². The Balaban J connectivity index is 2.09. The molecule has 0 saturated carbocycles. The lowest BCUT2D eigenvalue weighted by molar-refractivity contribution is -0.161. The maximum absolute atomic E-state index is 11.9. The van der Waals surface area contributed by atoms with Crippen LogP contribution in [0.15, 0.2) is 30.3 Å². The van der Waals surface area contributed by atoms with Crippen LogP contribution < -0.4 is 0 Å². The van der Waals surface area contributed by atoms with Crippen molar-refractivity contribution in [1.82, 2.24) is 0 Å². The molecule has 0 aromatic heterocycles. The fourth-order valence-corrected chi connectivity index (χ4v) is 1.93. The van der Waals surface area contributed by atoms with E-state index in [-0.39, 0.29) is 12.1 Å². The molecule has 0 aliphatic carbocycles. The van der Waals surface area contributed by atoms with Crippen molar-refractivity contribution in [2.75, 3.05) is 19.8 Å². The summed E-state index contributed by atoms with van der Waals surface area (Å²) >= 11 is 0. The van der Waals surface area contributed by atoms with Crippen LogP contribution in [0.4, 0.5) is 0 Å². The zero-order valence-corrected chi connectivity index (χ0v) is 10.5. The number of hydrogen-bond acceptors (Lipinski definition) is 4. The lowest BCUT2D eigenvalue weighted by Crippen LogP contribution is -2.24. The van der Waals surface area contributed by atoms with Crippen molar-refractivity contribution in [3.8, 4) is 0 Å². The normalized spacial score (nSPS) is 20.6. The second-order valence-electron chi connectivity index (χ2n) is 4.16. The summed E-state index contributed by atoms with van der Waals surface area (Å²) in [6.45, 7) is 3.38. The van der Waals surface area contributed by atoms with Crippen LogP contribution in [-0.4, -0.2) is 31.9 Å². The average molecular weight is 250 g/mol. The van der Waals surface area contributed by atoms with Gasteiger partial charge < -0.3 is 14.2 Å². The molecule has 4 nitrogen and oxygen atoms in total. The Labute approximate surface area is 107 Å². The molecule has 2 unspecified atom stereocenters. The van der Waals surface area contributed by atoms with E-state index in [1.54, 1.807) is 6.92 Å². The number of esters is 1. The molecule has 1 fully saturated rings. The van der Waals surface area contributed by atoms with Crippen molar-refractivity contribution in [2.45, 2.75) is 25.6 Å². The van der Waals surface area contributed by atoms with E-state index in [0.29, 0.717) is 19.8 Å². The SMILES string of the molecule is CCOC(=O)C(OC1CCOC1)c1ccccc1. The molecule has 0 amide bonds. The van der Waals surface area contributed by atoms with Gasteiger partial charge in [0.1, 0.15) is 0 Å². The number of benzene rings is 1. The van der Waals surface area contributed by atoms with Crippen LogP contribution in [-0.2, 0) is 19.0 Å². The minimum absolute atomic E-state index is 0.0281. The molecule has 2 atom stereocenters. The van der Waals surface area contributed by atoms with Gasteiger partial charge in [0.25, 0.3) is 0 Å². The van der Waals surface area contributed by atoms with Gasteiger partial charge in [0.15, 0.2) is 6.10 Å². The van der Waals surface area contributed by atoms with E-state index >= 15 is 0 Å². The van der Waals surface area contributed by atoms with Crippen LogP contribution in [0.1, 0.15) is 25.0 Å². The third-order valence-corrected chi connectivity index (χ3v) is 2.82. The molecular formula is C14H18O4. The molecule has 1 heterocycles. The summed E-state index contributed by atoms with van der Waals surface area (Å²) in [6, 6.07) is 9.42. The summed E-state index contributed by atoms with van der Waals surface area (Å²) in [6.07, 6.45) is 0.139. The molecule has 1 aromatic rings. The Morgan fingerprint density at radius 2 is 2.22 bits per heavy atom. The maximum Gasteiger partial charge on any atom is 0.339 e. The quantitative estimate of drug-likeness (QED) is 0.751. The summed E-state index contributed by atoms with van der Waals surface area (Å²) in [7, 11) is 0. The molecule has 1 aliphatic rings. The highest BCUT2D eigenvalue weighted by Gasteiger charge is 2.28. The molecule has 0 radical (unpaired) electrons. The predicted octanol–water partition coefficient (Wildman–Crippen LogP) is 2.10. The molecule has 1 aromatic carbocycles. The minimum Gasteiger partial charge on any atom is -0.464 e. The summed E-state index contributed by atoms with van der Waals surface area (Å²) in [5, 5.41) is 0. The van der Waals surface area contributed by atoms with Crippen molar-refractivity contribution in [1.29, 1.82) is 0 Å². The van der Waals surface area contributed by atoms with Crippen LogP contribution >= 0.6 is 0 Å². The molecule has 4 heteroatoms. The van der Waals surface area contributed by atoms with Gasteiger partial charge in [-0.05, 0) is 18.9 Å². The smallest absolute Gasteiger partial charge is 0.339 e. The first kappa shape index (κ1) is 13.1. The molecule has 18 heavy (non-hydrogen) atoms. The van der Waals surface area contributed by atoms with E-state index in [1.807, 2.05) is 30.3 Å². The minimum atomic E-state index is -0.655. The summed E-state index contributed by atoms with van der Waals surface area (Å²) in [4.78, 5) is 11.9. The Hall–Kier alpha value is -1.39. The van der Waals surface area contributed by atoms with Crippen molar-refractivity contribution in [3.63, 3.8) is 0 Å². The van der Waals surface area contributed by atoms with Gasteiger partial charge in [-0.1, -0.05) is 30.3 Å². The number of carbonyl (C=O) groups excluding carboxylic acids is 1. The second-order valence-corrected chi connectivity index (χ2v) is 4.16. The van der Waals surface area contributed by atoms with E-state index in [1.165, 1.54) is 0 Å². The zero-order valence-electron chi connectivity index (χ0n) is 10.5. The molecule has 98 valence electrons. The predicted molar refractivity (Wildman–Crippen MR) is 66.1 cm³/mol. The molecule has 0 N–H and O–H groups in total. The van der Waals surface area contributed by atoms with Crippen molar-refractivity contribution < 1.29 is 19.0 Å². The number of rotatable bonds is 5. The van der Waals surface area contributed by atoms with Gasteiger partial charge in [0.05, 0.1) is 19.3 Å². The monoisotopic (exact) mass is 250 g/mol. The van der Waals surface area contributed by atoms with Crippen LogP contribution in [0, 0.1) is 0 Å². The van der Waals surface area contributed by atoms with Crippen LogP contribution in [0.5, 0.6) is 0 Å². The average Bonchev–Trinajstić information content (AvgIpc) is 2.90. The third-order valence-electron chi connectivity index (χ3n) is 2.82. The summed E-state index contributed by atoms with van der Waals surface area (Å²) < 4.78 is 16.1. The maximum atomic E-state index is 11.9. The van der Waals surface area contributed by atoms with Crippen molar-refractivity contribution in [2.24, 2.45) is 0 Å².